The van der Waals surface area contributed by atoms with Crippen molar-refractivity contribution in [2.24, 2.45) is 16.6 Å². The van der Waals surface area contributed by atoms with Crippen LogP contribution in [0.15, 0.2) is 21.5 Å². The summed E-state index contributed by atoms with van der Waals surface area (Å²) < 4.78 is 5.37. The van der Waals surface area contributed by atoms with Crippen LogP contribution in [0.2, 0.25) is 0 Å². The second kappa shape index (κ2) is 5.44. The van der Waals surface area contributed by atoms with Crippen LogP contribution in [0, 0.1) is 12.8 Å². The molecule has 0 aromatic carbocycles. The van der Waals surface area contributed by atoms with Crippen molar-refractivity contribution in [3.8, 4) is 0 Å². The molecule has 0 bridgehead atoms. The Morgan fingerprint density at radius 1 is 1.53 bits per heavy atom. The van der Waals surface area contributed by atoms with Crippen LogP contribution in [0.25, 0.3) is 0 Å². The maximum atomic E-state index is 5.67. The van der Waals surface area contributed by atoms with Gasteiger partial charge in [0.25, 0.3) is 0 Å². The van der Waals surface area contributed by atoms with Gasteiger partial charge in [-0.25, -0.2) is 4.99 Å². The molecule has 1 aromatic heterocycles. The van der Waals surface area contributed by atoms with Crippen molar-refractivity contribution in [1.82, 2.24) is 5.32 Å². The number of aryl methyl sites for hydroxylation is 1. The monoisotopic (exact) mass is 209 g/mol. The molecule has 1 heterocycles. The smallest absolute Gasteiger partial charge is 0.189 e. The van der Waals surface area contributed by atoms with Gasteiger partial charge in [0.05, 0.1) is 0 Å². The lowest BCUT2D eigenvalue weighted by Gasteiger charge is -2.07. The molecule has 4 nitrogen and oxygen atoms in total. The zero-order valence-corrected chi connectivity index (χ0v) is 9.58. The normalized spacial score (nSPS) is 12.1. The van der Waals surface area contributed by atoms with Crippen LogP contribution in [-0.4, -0.2) is 12.5 Å². The lowest BCUT2D eigenvalue weighted by atomic mass is 10.2. The molecule has 0 amide bonds. The van der Waals surface area contributed by atoms with E-state index in [2.05, 4.69) is 24.2 Å². The predicted molar refractivity (Wildman–Crippen MR) is 61.6 cm³/mol. The van der Waals surface area contributed by atoms with E-state index in [9.17, 15) is 0 Å². The van der Waals surface area contributed by atoms with E-state index in [4.69, 9.17) is 10.2 Å². The van der Waals surface area contributed by atoms with Crippen molar-refractivity contribution < 1.29 is 4.42 Å². The van der Waals surface area contributed by atoms with E-state index in [0.717, 1.165) is 18.1 Å². The second-order valence-electron chi connectivity index (χ2n) is 3.99. The van der Waals surface area contributed by atoms with Crippen LogP contribution >= 0.6 is 0 Å². The average Bonchev–Trinajstić information content (AvgIpc) is 2.58. The minimum absolute atomic E-state index is 0.470. The Hall–Kier alpha value is -1.45. The SMILES string of the molecule is Cc1ccc(CN=C(N)NCC(C)C)o1. The maximum Gasteiger partial charge on any atom is 0.189 e. The summed E-state index contributed by atoms with van der Waals surface area (Å²) in [5.41, 5.74) is 5.67. The molecule has 0 unspecified atom stereocenters. The third kappa shape index (κ3) is 4.54. The highest BCUT2D eigenvalue weighted by Crippen LogP contribution is 2.06. The van der Waals surface area contributed by atoms with Gasteiger partial charge in [-0.3, -0.25) is 0 Å². The van der Waals surface area contributed by atoms with Gasteiger partial charge in [0.2, 0.25) is 0 Å². The van der Waals surface area contributed by atoms with Gasteiger partial charge < -0.3 is 15.5 Å². The third-order valence-electron chi connectivity index (χ3n) is 1.89. The van der Waals surface area contributed by atoms with Crippen LogP contribution in [0.4, 0.5) is 0 Å². The fourth-order valence-corrected chi connectivity index (χ4v) is 1.10. The van der Waals surface area contributed by atoms with Gasteiger partial charge in [-0.1, -0.05) is 13.8 Å². The first-order valence-corrected chi connectivity index (χ1v) is 5.17. The van der Waals surface area contributed by atoms with E-state index >= 15 is 0 Å². The highest BCUT2D eigenvalue weighted by molar-refractivity contribution is 5.77. The largest absolute Gasteiger partial charge is 0.464 e. The van der Waals surface area contributed by atoms with E-state index in [0.29, 0.717) is 18.4 Å². The second-order valence-corrected chi connectivity index (χ2v) is 3.99. The standard InChI is InChI=1S/C11H19N3O/c1-8(2)6-13-11(12)14-7-10-5-4-9(3)15-10/h4-5,8H,6-7H2,1-3H3,(H3,12,13,14). The van der Waals surface area contributed by atoms with Crippen LogP contribution in [0.1, 0.15) is 25.4 Å². The highest BCUT2D eigenvalue weighted by Gasteiger charge is 1.98. The molecule has 0 aliphatic heterocycles. The first-order chi connectivity index (χ1) is 7.08. The van der Waals surface area contributed by atoms with Crippen molar-refractivity contribution >= 4 is 5.96 Å². The Morgan fingerprint density at radius 2 is 2.27 bits per heavy atom. The summed E-state index contributed by atoms with van der Waals surface area (Å²) in [6.45, 7) is 7.48. The average molecular weight is 209 g/mol. The van der Waals surface area contributed by atoms with Crippen molar-refractivity contribution in [2.45, 2.75) is 27.3 Å². The molecule has 0 saturated heterocycles. The number of nitrogens with zero attached hydrogens (tertiary/aromatic N) is 1. The van der Waals surface area contributed by atoms with E-state index in [1.807, 2.05) is 19.1 Å². The van der Waals surface area contributed by atoms with Gasteiger partial charge in [0.15, 0.2) is 5.96 Å². The molecule has 3 N–H and O–H groups in total. The molecule has 84 valence electrons. The van der Waals surface area contributed by atoms with Crippen molar-refractivity contribution in [2.75, 3.05) is 6.54 Å². The summed E-state index contributed by atoms with van der Waals surface area (Å²) in [5.74, 6) is 2.76. The Morgan fingerprint density at radius 3 is 2.80 bits per heavy atom. The van der Waals surface area contributed by atoms with Crippen LogP contribution in [-0.2, 0) is 6.54 Å². The van der Waals surface area contributed by atoms with Crippen molar-refractivity contribution in [1.29, 1.82) is 0 Å². The molecular formula is C11H19N3O. The zero-order valence-electron chi connectivity index (χ0n) is 9.58. The number of nitrogens with two attached hydrogens (primary N) is 1. The summed E-state index contributed by atoms with van der Waals surface area (Å²) in [5, 5.41) is 3.05. The number of hydrogen-bond donors (Lipinski definition) is 2. The molecular weight excluding hydrogens is 190 g/mol. The van der Waals surface area contributed by atoms with Crippen LogP contribution < -0.4 is 11.1 Å². The first kappa shape index (κ1) is 11.6. The summed E-state index contributed by atoms with van der Waals surface area (Å²) in [6, 6.07) is 3.83. The van der Waals surface area contributed by atoms with Crippen LogP contribution in [0.3, 0.4) is 0 Å². The fourth-order valence-electron chi connectivity index (χ4n) is 1.10. The lowest BCUT2D eigenvalue weighted by Crippen LogP contribution is -2.34. The van der Waals surface area contributed by atoms with Crippen molar-refractivity contribution in [3.63, 3.8) is 0 Å². The Balaban J connectivity index is 2.36. The molecule has 0 fully saturated rings. The fraction of sp³-hybridized carbons (Fsp3) is 0.545. The quantitative estimate of drug-likeness (QED) is 0.585. The number of furan rings is 1. The van der Waals surface area contributed by atoms with Gasteiger partial charge in [-0.2, -0.15) is 0 Å². The highest BCUT2D eigenvalue weighted by atomic mass is 16.3. The Kier molecular flexibility index (Phi) is 4.21. The number of guanidine groups is 1. The molecule has 0 spiro atoms. The number of hydrogen-bond acceptors (Lipinski definition) is 2. The van der Waals surface area contributed by atoms with E-state index in [1.165, 1.54) is 0 Å². The Labute approximate surface area is 90.6 Å². The molecule has 4 heteroatoms. The van der Waals surface area contributed by atoms with Gasteiger partial charge in [-0.15, -0.1) is 0 Å². The number of nitrogens with one attached hydrogen (secondary N) is 1. The minimum Gasteiger partial charge on any atom is -0.464 e. The Bertz CT molecular complexity index is 328. The molecule has 0 radical (unpaired) electrons. The maximum absolute atomic E-state index is 5.67. The molecule has 0 atom stereocenters. The number of rotatable bonds is 4. The minimum atomic E-state index is 0.470. The molecule has 1 rings (SSSR count). The topological polar surface area (TPSA) is 63.5 Å². The van der Waals surface area contributed by atoms with Crippen LogP contribution in [0.5, 0.6) is 0 Å². The van der Waals surface area contributed by atoms with E-state index < -0.39 is 0 Å². The van der Waals surface area contributed by atoms with Crippen molar-refractivity contribution in [3.05, 3.63) is 23.7 Å². The zero-order chi connectivity index (χ0) is 11.3. The lowest BCUT2D eigenvalue weighted by molar-refractivity contribution is 0.485. The molecule has 1 aromatic rings. The summed E-state index contributed by atoms with van der Waals surface area (Å²) in [7, 11) is 0. The van der Waals surface area contributed by atoms with E-state index in [-0.39, 0.29) is 0 Å². The third-order valence-corrected chi connectivity index (χ3v) is 1.89. The first-order valence-electron chi connectivity index (χ1n) is 5.17. The number of aliphatic imine (C=N–C) groups is 1. The molecule has 0 saturated carbocycles. The summed E-state index contributed by atoms with van der Waals surface area (Å²) >= 11 is 0. The molecule has 15 heavy (non-hydrogen) atoms. The van der Waals surface area contributed by atoms with Gasteiger partial charge in [0.1, 0.15) is 18.1 Å². The molecule has 0 aliphatic rings. The van der Waals surface area contributed by atoms with Gasteiger partial charge in [-0.05, 0) is 25.0 Å². The van der Waals surface area contributed by atoms with Gasteiger partial charge >= 0.3 is 0 Å². The summed E-state index contributed by atoms with van der Waals surface area (Å²) in [4.78, 5) is 4.17. The molecule has 0 aliphatic carbocycles. The van der Waals surface area contributed by atoms with E-state index in [1.54, 1.807) is 0 Å². The van der Waals surface area contributed by atoms with Gasteiger partial charge in [0, 0.05) is 6.54 Å². The summed E-state index contributed by atoms with van der Waals surface area (Å²) in [6.07, 6.45) is 0. The predicted octanol–water partition coefficient (Wildman–Crippen LogP) is 1.65.